The molecule has 2 amide bonds. The third-order valence-corrected chi connectivity index (χ3v) is 3.24. The summed E-state index contributed by atoms with van der Waals surface area (Å²) in [6.07, 6.45) is -4.42. The minimum Gasteiger partial charge on any atom is -0.383 e. The molecule has 0 aliphatic rings. The van der Waals surface area contributed by atoms with E-state index in [1.54, 1.807) is 37.3 Å². The van der Waals surface area contributed by atoms with Crippen LogP contribution in [0.3, 0.4) is 0 Å². The van der Waals surface area contributed by atoms with Crippen molar-refractivity contribution in [3.63, 3.8) is 0 Å². The zero-order valence-electron chi connectivity index (χ0n) is 13.1. The van der Waals surface area contributed by atoms with Gasteiger partial charge < -0.3 is 16.0 Å². The topological polar surface area (TPSA) is 53.2 Å². The summed E-state index contributed by atoms with van der Waals surface area (Å²) in [5.41, 5.74) is 0.462. The van der Waals surface area contributed by atoms with Gasteiger partial charge in [0.05, 0.1) is 5.56 Å². The molecule has 0 aromatic heterocycles. The summed E-state index contributed by atoms with van der Waals surface area (Å²) >= 11 is 0. The zero-order chi connectivity index (χ0) is 17.6. The van der Waals surface area contributed by atoms with E-state index in [1.807, 2.05) is 6.07 Å². The Hall–Kier alpha value is -2.70. The van der Waals surface area contributed by atoms with E-state index in [9.17, 15) is 18.0 Å². The molecule has 7 heteroatoms. The SMILES string of the molecule is Cc1ccc(NCCNC(=O)Nc2ccccc2)c(C(F)(F)F)c1. The average Bonchev–Trinajstić information content (AvgIpc) is 2.52. The van der Waals surface area contributed by atoms with Crippen LogP contribution in [0.4, 0.5) is 29.3 Å². The van der Waals surface area contributed by atoms with Crippen LogP contribution in [-0.4, -0.2) is 19.1 Å². The highest BCUT2D eigenvalue weighted by Crippen LogP contribution is 2.35. The van der Waals surface area contributed by atoms with Crippen LogP contribution < -0.4 is 16.0 Å². The minimum atomic E-state index is -4.42. The van der Waals surface area contributed by atoms with Crippen LogP contribution >= 0.6 is 0 Å². The van der Waals surface area contributed by atoms with Crippen molar-refractivity contribution in [1.82, 2.24) is 5.32 Å². The van der Waals surface area contributed by atoms with Crippen molar-refractivity contribution < 1.29 is 18.0 Å². The molecule has 0 atom stereocenters. The van der Waals surface area contributed by atoms with Crippen molar-refractivity contribution in [3.05, 3.63) is 59.7 Å². The summed E-state index contributed by atoms with van der Waals surface area (Å²) in [5.74, 6) is 0. The number of carbonyl (C=O) groups is 1. The van der Waals surface area contributed by atoms with Crippen LogP contribution in [0.1, 0.15) is 11.1 Å². The predicted octanol–water partition coefficient (Wildman–Crippen LogP) is 4.25. The molecule has 0 saturated heterocycles. The normalized spacial score (nSPS) is 11.0. The van der Waals surface area contributed by atoms with E-state index in [1.165, 1.54) is 6.07 Å². The molecule has 0 aliphatic heterocycles. The highest BCUT2D eigenvalue weighted by atomic mass is 19.4. The molecule has 4 nitrogen and oxygen atoms in total. The van der Waals surface area contributed by atoms with Gasteiger partial charge in [0.2, 0.25) is 0 Å². The number of rotatable bonds is 5. The van der Waals surface area contributed by atoms with Gasteiger partial charge in [0.25, 0.3) is 0 Å². The van der Waals surface area contributed by atoms with Crippen molar-refractivity contribution in [2.45, 2.75) is 13.1 Å². The van der Waals surface area contributed by atoms with Crippen LogP contribution in [0.15, 0.2) is 48.5 Å². The van der Waals surface area contributed by atoms with Crippen LogP contribution in [0.25, 0.3) is 0 Å². The summed E-state index contributed by atoms with van der Waals surface area (Å²) in [5, 5.41) is 7.91. The van der Waals surface area contributed by atoms with E-state index in [2.05, 4.69) is 16.0 Å². The van der Waals surface area contributed by atoms with Crippen LogP contribution in [0.2, 0.25) is 0 Å². The Kier molecular flexibility index (Phi) is 5.68. The number of benzene rings is 2. The van der Waals surface area contributed by atoms with E-state index in [0.29, 0.717) is 11.3 Å². The second-order valence-electron chi connectivity index (χ2n) is 5.22. The standard InChI is InChI=1S/C17H18F3N3O/c1-12-7-8-15(14(11-12)17(18,19)20)21-9-10-22-16(24)23-13-5-3-2-4-6-13/h2-8,11,21H,9-10H2,1H3,(H2,22,23,24). The number of alkyl halides is 3. The summed E-state index contributed by atoms with van der Waals surface area (Å²) < 4.78 is 39.0. The molecule has 2 aromatic carbocycles. The zero-order valence-corrected chi connectivity index (χ0v) is 13.1. The van der Waals surface area contributed by atoms with E-state index in [-0.39, 0.29) is 18.8 Å². The predicted molar refractivity (Wildman–Crippen MR) is 88.1 cm³/mol. The number of anilines is 2. The fourth-order valence-electron chi connectivity index (χ4n) is 2.12. The van der Waals surface area contributed by atoms with Gasteiger partial charge in [-0.15, -0.1) is 0 Å². The first-order valence-electron chi connectivity index (χ1n) is 7.38. The Morgan fingerprint density at radius 2 is 1.75 bits per heavy atom. The number of halogens is 3. The van der Waals surface area contributed by atoms with Gasteiger partial charge >= 0.3 is 12.2 Å². The van der Waals surface area contributed by atoms with Crippen LogP contribution in [0, 0.1) is 6.92 Å². The monoisotopic (exact) mass is 337 g/mol. The lowest BCUT2D eigenvalue weighted by Gasteiger charge is -2.15. The van der Waals surface area contributed by atoms with Gasteiger partial charge in [-0.1, -0.05) is 29.8 Å². The molecule has 0 bridgehead atoms. The van der Waals surface area contributed by atoms with Gasteiger partial charge in [-0.25, -0.2) is 4.79 Å². The summed E-state index contributed by atoms with van der Waals surface area (Å²) in [6, 6.07) is 12.5. The van der Waals surface area contributed by atoms with Crippen LogP contribution in [0.5, 0.6) is 0 Å². The second kappa shape index (κ2) is 7.72. The van der Waals surface area contributed by atoms with Crippen LogP contribution in [-0.2, 0) is 6.18 Å². The highest BCUT2D eigenvalue weighted by Gasteiger charge is 2.33. The van der Waals surface area contributed by atoms with E-state index < -0.39 is 17.8 Å². The second-order valence-corrected chi connectivity index (χ2v) is 5.22. The first-order chi connectivity index (χ1) is 11.4. The maximum absolute atomic E-state index is 13.0. The molecule has 0 heterocycles. The van der Waals surface area contributed by atoms with Crippen molar-refractivity contribution in [2.24, 2.45) is 0 Å². The Balaban J connectivity index is 1.83. The maximum Gasteiger partial charge on any atom is 0.418 e. The Morgan fingerprint density at radius 3 is 2.42 bits per heavy atom. The van der Waals surface area contributed by atoms with Crippen molar-refractivity contribution >= 4 is 17.4 Å². The number of hydrogen-bond donors (Lipinski definition) is 3. The highest BCUT2D eigenvalue weighted by molar-refractivity contribution is 5.89. The Bertz CT molecular complexity index is 687. The van der Waals surface area contributed by atoms with Crippen molar-refractivity contribution in [2.75, 3.05) is 23.7 Å². The number of para-hydroxylation sites is 1. The van der Waals surface area contributed by atoms with E-state index in [0.717, 1.165) is 6.07 Å². The number of nitrogens with one attached hydrogen (secondary N) is 3. The lowest BCUT2D eigenvalue weighted by molar-refractivity contribution is -0.137. The molecule has 2 rings (SSSR count). The fourth-order valence-corrected chi connectivity index (χ4v) is 2.12. The lowest BCUT2D eigenvalue weighted by atomic mass is 10.1. The third kappa shape index (κ3) is 5.19. The number of carbonyl (C=O) groups excluding carboxylic acids is 1. The molecule has 0 fully saturated rings. The number of hydrogen-bond acceptors (Lipinski definition) is 2. The maximum atomic E-state index is 13.0. The van der Waals surface area contributed by atoms with E-state index in [4.69, 9.17) is 0 Å². The van der Waals surface area contributed by atoms with Crippen molar-refractivity contribution in [3.8, 4) is 0 Å². The Labute approximate surface area is 138 Å². The third-order valence-electron chi connectivity index (χ3n) is 3.24. The molecular formula is C17H18F3N3O. The molecule has 0 spiro atoms. The smallest absolute Gasteiger partial charge is 0.383 e. The van der Waals surface area contributed by atoms with Gasteiger partial charge in [0.1, 0.15) is 0 Å². The largest absolute Gasteiger partial charge is 0.418 e. The number of urea groups is 1. The molecule has 24 heavy (non-hydrogen) atoms. The molecule has 0 saturated carbocycles. The fraction of sp³-hybridized carbons (Fsp3) is 0.235. The van der Waals surface area contributed by atoms with Gasteiger partial charge in [0, 0.05) is 24.5 Å². The molecule has 0 unspecified atom stereocenters. The summed E-state index contributed by atoms with van der Waals surface area (Å²) in [4.78, 5) is 11.7. The van der Waals surface area contributed by atoms with Crippen molar-refractivity contribution in [1.29, 1.82) is 0 Å². The first-order valence-corrected chi connectivity index (χ1v) is 7.38. The van der Waals surface area contributed by atoms with Gasteiger partial charge in [0.15, 0.2) is 0 Å². The molecule has 0 radical (unpaired) electrons. The molecule has 0 aliphatic carbocycles. The minimum absolute atomic E-state index is 0.00151. The number of amides is 2. The van der Waals surface area contributed by atoms with Gasteiger partial charge in [-0.05, 0) is 31.2 Å². The quantitative estimate of drug-likeness (QED) is 0.715. The summed E-state index contributed by atoms with van der Waals surface area (Å²) in [7, 11) is 0. The van der Waals surface area contributed by atoms with Gasteiger partial charge in [-0.2, -0.15) is 13.2 Å². The first kappa shape index (κ1) is 17.7. The molecule has 3 N–H and O–H groups in total. The van der Waals surface area contributed by atoms with E-state index >= 15 is 0 Å². The lowest BCUT2D eigenvalue weighted by Crippen LogP contribution is -2.32. The van der Waals surface area contributed by atoms with Gasteiger partial charge in [-0.3, -0.25) is 0 Å². The summed E-state index contributed by atoms with van der Waals surface area (Å²) in [6.45, 7) is 1.96. The Morgan fingerprint density at radius 1 is 1.04 bits per heavy atom. The molecular weight excluding hydrogens is 319 g/mol. The molecule has 128 valence electrons. The average molecular weight is 337 g/mol. The number of aryl methyl sites for hydroxylation is 1. The molecule has 2 aromatic rings.